The average Bonchev–Trinajstić information content (AvgIpc) is 3.08. The highest BCUT2D eigenvalue weighted by molar-refractivity contribution is 5.64. The second kappa shape index (κ2) is 4.97. The second-order valence-electron chi connectivity index (χ2n) is 4.40. The summed E-state index contributed by atoms with van der Waals surface area (Å²) in [5.74, 6) is 0.933. The normalized spacial score (nSPS) is 10.6. The Morgan fingerprint density at radius 3 is 2.95 bits per heavy atom. The summed E-state index contributed by atoms with van der Waals surface area (Å²) in [5, 5.41) is 10.3. The first-order valence-corrected chi connectivity index (χ1v) is 6.15. The summed E-state index contributed by atoms with van der Waals surface area (Å²) in [5.41, 5.74) is 4.27. The SMILES string of the molecule is Cc1ncc(CNc2cccc(-c3ccn[nH]3)c2)[nH]1. The molecule has 0 atom stereocenters. The van der Waals surface area contributed by atoms with Gasteiger partial charge >= 0.3 is 0 Å². The second-order valence-corrected chi connectivity index (χ2v) is 4.40. The van der Waals surface area contributed by atoms with Crippen molar-refractivity contribution in [2.75, 3.05) is 5.32 Å². The molecule has 0 amide bonds. The van der Waals surface area contributed by atoms with Crippen molar-refractivity contribution in [2.45, 2.75) is 13.5 Å². The predicted octanol–water partition coefficient (Wildman–Crippen LogP) is 2.72. The highest BCUT2D eigenvalue weighted by Crippen LogP contribution is 2.20. The van der Waals surface area contributed by atoms with E-state index in [1.54, 1.807) is 6.20 Å². The van der Waals surface area contributed by atoms with Crippen molar-refractivity contribution in [3.8, 4) is 11.3 Å². The lowest BCUT2D eigenvalue weighted by Crippen LogP contribution is -1.99. The molecule has 0 saturated carbocycles. The van der Waals surface area contributed by atoms with Gasteiger partial charge in [-0.15, -0.1) is 0 Å². The fraction of sp³-hybridized carbons (Fsp3) is 0.143. The molecule has 0 saturated heterocycles. The molecular formula is C14H15N5. The van der Waals surface area contributed by atoms with Crippen LogP contribution in [0.1, 0.15) is 11.5 Å². The van der Waals surface area contributed by atoms with E-state index in [4.69, 9.17) is 0 Å². The smallest absolute Gasteiger partial charge is 0.103 e. The van der Waals surface area contributed by atoms with Crippen molar-refractivity contribution in [1.29, 1.82) is 0 Å². The molecule has 2 aromatic heterocycles. The summed E-state index contributed by atoms with van der Waals surface area (Å²) in [6, 6.07) is 10.2. The Hall–Kier alpha value is -2.56. The molecule has 0 spiro atoms. The van der Waals surface area contributed by atoms with Gasteiger partial charge in [-0.05, 0) is 25.1 Å². The summed E-state index contributed by atoms with van der Waals surface area (Å²) in [6.45, 7) is 2.68. The quantitative estimate of drug-likeness (QED) is 0.669. The third-order valence-corrected chi connectivity index (χ3v) is 2.91. The molecule has 96 valence electrons. The van der Waals surface area contributed by atoms with E-state index in [2.05, 4.69) is 37.6 Å². The van der Waals surface area contributed by atoms with Crippen LogP contribution in [0.5, 0.6) is 0 Å². The number of nitrogens with zero attached hydrogens (tertiary/aromatic N) is 2. The van der Waals surface area contributed by atoms with Crippen LogP contribution in [-0.4, -0.2) is 20.2 Å². The Labute approximate surface area is 111 Å². The Balaban J connectivity index is 1.73. The summed E-state index contributed by atoms with van der Waals surface area (Å²) < 4.78 is 0. The van der Waals surface area contributed by atoms with Gasteiger partial charge in [-0.2, -0.15) is 5.10 Å². The van der Waals surface area contributed by atoms with E-state index in [0.717, 1.165) is 35.0 Å². The van der Waals surface area contributed by atoms with Crippen LogP contribution in [0.2, 0.25) is 0 Å². The Bertz CT molecular complexity index is 654. The van der Waals surface area contributed by atoms with E-state index in [1.165, 1.54) is 0 Å². The Morgan fingerprint density at radius 2 is 2.21 bits per heavy atom. The maximum absolute atomic E-state index is 4.18. The van der Waals surface area contributed by atoms with Gasteiger partial charge in [-0.25, -0.2) is 4.98 Å². The third kappa shape index (κ3) is 2.65. The minimum Gasteiger partial charge on any atom is -0.379 e. The number of hydrogen-bond acceptors (Lipinski definition) is 3. The van der Waals surface area contributed by atoms with E-state index in [-0.39, 0.29) is 0 Å². The standard InChI is InChI=1S/C14H15N5/c1-10-15-8-13(18-10)9-16-12-4-2-3-11(7-12)14-5-6-17-19-14/h2-8,16H,9H2,1H3,(H,15,18)(H,17,19). The third-order valence-electron chi connectivity index (χ3n) is 2.91. The fourth-order valence-electron chi connectivity index (χ4n) is 1.97. The van der Waals surface area contributed by atoms with Crippen molar-refractivity contribution in [3.63, 3.8) is 0 Å². The van der Waals surface area contributed by atoms with Gasteiger partial charge in [0.25, 0.3) is 0 Å². The van der Waals surface area contributed by atoms with E-state index < -0.39 is 0 Å². The molecule has 0 radical (unpaired) electrons. The van der Waals surface area contributed by atoms with Crippen molar-refractivity contribution in [1.82, 2.24) is 20.2 Å². The van der Waals surface area contributed by atoms with Gasteiger partial charge in [0, 0.05) is 17.4 Å². The van der Waals surface area contributed by atoms with Crippen LogP contribution in [0.25, 0.3) is 11.3 Å². The van der Waals surface area contributed by atoms with Crippen LogP contribution in [-0.2, 0) is 6.54 Å². The molecule has 5 nitrogen and oxygen atoms in total. The number of nitrogens with one attached hydrogen (secondary N) is 3. The van der Waals surface area contributed by atoms with Gasteiger partial charge in [-0.3, -0.25) is 5.10 Å². The highest BCUT2D eigenvalue weighted by Gasteiger charge is 2.01. The summed E-state index contributed by atoms with van der Waals surface area (Å²) in [7, 11) is 0. The van der Waals surface area contributed by atoms with Crippen LogP contribution in [0.15, 0.2) is 42.7 Å². The number of rotatable bonds is 4. The molecule has 0 aliphatic rings. The molecule has 0 aliphatic heterocycles. The Kier molecular flexibility index (Phi) is 3.02. The molecule has 1 aromatic carbocycles. The Morgan fingerprint density at radius 1 is 1.26 bits per heavy atom. The van der Waals surface area contributed by atoms with Gasteiger partial charge in [0.1, 0.15) is 5.82 Å². The van der Waals surface area contributed by atoms with Crippen molar-refractivity contribution >= 4 is 5.69 Å². The number of hydrogen-bond donors (Lipinski definition) is 3. The molecule has 0 aliphatic carbocycles. The number of aromatic nitrogens is 4. The van der Waals surface area contributed by atoms with Gasteiger partial charge in [0.05, 0.1) is 24.1 Å². The minimum atomic E-state index is 0.729. The highest BCUT2D eigenvalue weighted by atomic mass is 15.1. The fourth-order valence-corrected chi connectivity index (χ4v) is 1.97. The van der Waals surface area contributed by atoms with Crippen molar-refractivity contribution in [2.24, 2.45) is 0 Å². The zero-order chi connectivity index (χ0) is 13.1. The minimum absolute atomic E-state index is 0.729. The topological polar surface area (TPSA) is 69.4 Å². The molecule has 3 aromatic rings. The molecule has 3 N–H and O–H groups in total. The first kappa shape index (κ1) is 11.5. The van der Waals surface area contributed by atoms with Crippen molar-refractivity contribution in [3.05, 3.63) is 54.2 Å². The molecule has 0 fully saturated rings. The first-order valence-electron chi connectivity index (χ1n) is 6.15. The van der Waals surface area contributed by atoms with E-state index in [1.807, 2.05) is 31.3 Å². The summed E-state index contributed by atoms with van der Waals surface area (Å²) in [4.78, 5) is 7.38. The summed E-state index contributed by atoms with van der Waals surface area (Å²) >= 11 is 0. The largest absolute Gasteiger partial charge is 0.379 e. The lowest BCUT2D eigenvalue weighted by atomic mass is 10.1. The number of imidazole rings is 1. The van der Waals surface area contributed by atoms with Gasteiger partial charge in [0.2, 0.25) is 0 Å². The number of aryl methyl sites for hydroxylation is 1. The number of anilines is 1. The van der Waals surface area contributed by atoms with Crippen LogP contribution in [0.4, 0.5) is 5.69 Å². The lowest BCUT2D eigenvalue weighted by molar-refractivity contribution is 1.05. The summed E-state index contributed by atoms with van der Waals surface area (Å²) in [6.07, 6.45) is 3.60. The van der Waals surface area contributed by atoms with E-state index in [0.29, 0.717) is 0 Å². The van der Waals surface area contributed by atoms with Gasteiger partial charge in [-0.1, -0.05) is 12.1 Å². The first-order chi connectivity index (χ1) is 9.31. The average molecular weight is 253 g/mol. The number of benzene rings is 1. The van der Waals surface area contributed by atoms with Crippen molar-refractivity contribution < 1.29 is 0 Å². The van der Waals surface area contributed by atoms with Crippen LogP contribution in [0, 0.1) is 6.92 Å². The lowest BCUT2D eigenvalue weighted by Gasteiger charge is -2.06. The number of H-pyrrole nitrogens is 2. The molecule has 0 bridgehead atoms. The maximum atomic E-state index is 4.18. The molecule has 2 heterocycles. The predicted molar refractivity (Wildman–Crippen MR) is 74.7 cm³/mol. The monoisotopic (exact) mass is 253 g/mol. The maximum Gasteiger partial charge on any atom is 0.103 e. The van der Waals surface area contributed by atoms with Gasteiger partial charge < -0.3 is 10.3 Å². The molecule has 5 heteroatoms. The zero-order valence-electron chi connectivity index (χ0n) is 10.6. The molecule has 0 unspecified atom stereocenters. The van der Waals surface area contributed by atoms with Crippen LogP contribution < -0.4 is 5.32 Å². The van der Waals surface area contributed by atoms with Crippen LogP contribution >= 0.6 is 0 Å². The zero-order valence-corrected chi connectivity index (χ0v) is 10.6. The molecular weight excluding hydrogens is 238 g/mol. The molecule has 19 heavy (non-hydrogen) atoms. The van der Waals surface area contributed by atoms with Gasteiger partial charge in [0.15, 0.2) is 0 Å². The van der Waals surface area contributed by atoms with E-state index >= 15 is 0 Å². The number of aromatic amines is 2. The molecule has 3 rings (SSSR count). The van der Waals surface area contributed by atoms with Crippen LogP contribution in [0.3, 0.4) is 0 Å². The van der Waals surface area contributed by atoms with E-state index in [9.17, 15) is 0 Å².